The van der Waals surface area contributed by atoms with E-state index in [-0.39, 0.29) is 5.91 Å². The molecule has 0 saturated heterocycles. The monoisotopic (exact) mass is 443 g/mol. The third-order valence-corrected chi connectivity index (χ3v) is 9.06. The van der Waals surface area contributed by atoms with E-state index < -0.39 is 6.10 Å². The highest BCUT2D eigenvalue weighted by Gasteiger charge is 2.51. The van der Waals surface area contributed by atoms with Gasteiger partial charge in [0.2, 0.25) is 0 Å². The van der Waals surface area contributed by atoms with Crippen molar-refractivity contribution in [1.29, 1.82) is 0 Å². The van der Waals surface area contributed by atoms with Crippen molar-refractivity contribution in [3.8, 4) is 5.75 Å². The average molecular weight is 444 g/mol. The maximum atomic E-state index is 13.0. The molecule has 1 atom stereocenters. The number of hydrogen-bond acceptors (Lipinski definition) is 2. The SMILES string of the molecule is CCC(Oc1ccc2c(c1)CCCC2)C(=O)Nc1ccc(C23CC4CC(CC(C4)C2)C3)cc1. The number of fused-ring (bicyclic) bond motifs is 1. The van der Waals surface area contributed by atoms with Gasteiger partial charge in [0, 0.05) is 5.69 Å². The molecule has 174 valence electrons. The number of nitrogens with one attached hydrogen (secondary N) is 1. The molecule has 4 fully saturated rings. The van der Waals surface area contributed by atoms with E-state index in [0.29, 0.717) is 11.8 Å². The number of rotatable bonds is 6. The molecule has 7 rings (SSSR count). The summed E-state index contributed by atoms with van der Waals surface area (Å²) in [5, 5.41) is 3.11. The molecule has 33 heavy (non-hydrogen) atoms. The predicted molar refractivity (Wildman–Crippen MR) is 133 cm³/mol. The van der Waals surface area contributed by atoms with Crippen molar-refractivity contribution in [2.24, 2.45) is 17.8 Å². The maximum Gasteiger partial charge on any atom is 0.265 e. The van der Waals surface area contributed by atoms with Crippen LogP contribution in [0, 0.1) is 17.8 Å². The Morgan fingerprint density at radius 1 is 0.939 bits per heavy atom. The first-order chi connectivity index (χ1) is 16.1. The predicted octanol–water partition coefficient (Wildman–Crippen LogP) is 6.83. The zero-order valence-electron chi connectivity index (χ0n) is 19.9. The van der Waals surface area contributed by atoms with E-state index in [1.165, 1.54) is 68.1 Å². The van der Waals surface area contributed by atoms with Crippen LogP contribution in [0.4, 0.5) is 5.69 Å². The van der Waals surface area contributed by atoms with Gasteiger partial charge in [-0.05, 0) is 135 Å². The average Bonchev–Trinajstić information content (AvgIpc) is 2.82. The van der Waals surface area contributed by atoms with Gasteiger partial charge in [-0.25, -0.2) is 0 Å². The Morgan fingerprint density at radius 2 is 1.58 bits per heavy atom. The number of hydrogen-bond donors (Lipinski definition) is 1. The van der Waals surface area contributed by atoms with Gasteiger partial charge in [-0.3, -0.25) is 4.79 Å². The van der Waals surface area contributed by atoms with Crippen LogP contribution < -0.4 is 10.1 Å². The summed E-state index contributed by atoms with van der Waals surface area (Å²) < 4.78 is 6.14. The fourth-order valence-corrected chi connectivity index (χ4v) is 7.86. The third kappa shape index (κ3) is 4.09. The Labute approximate surface area is 198 Å². The van der Waals surface area contributed by atoms with E-state index >= 15 is 0 Å². The van der Waals surface area contributed by atoms with Gasteiger partial charge < -0.3 is 10.1 Å². The summed E-state index contributed by atoms with van der Waals surface area (Å²) in [5.41, 5.74) is 5.59. The van der Waals surface area contributed by atoms with Crippen LogP contribution in [0.3, 0.4) is 0 Å². The molecule has 3 heteroatoms. The van der Waals surface area contributed by atoms with Crippen molar-refractivity contribution in [3.63, 3.8) is 0 Å². The van der Waals surface area contributed by atoms with Crippen LogP contribution in [0.25, 0.3) is 0 Å². The van der Waals surface area contributed by atoms with Crippen molar-refractivity contribution >= 4 is 11.6 Å². The molecule has 0 aromatic heterocycles. The molecule has 1 amide bonds. The van der Waals surface area contributed by atoms with Gasteiger partial charge in [-0.15, -0.1) is 0 Å². The first-order valence-corrected chi connectivity index (χ1v) is 13.3. The second kappa shape index (κ2) is 8.49. The Kier molecular flexibility index (Phi) is 5.47. The lowest BCUT2D eigenvalue weighted by atomic mass is 9.48. The Balaban J connectivity index is 1.12. The molecule has 0 aliphatic heterocycles. The molecule has 0 radical (unpaired) electrons. The number of anilines is 1. The van der Waals surface area contributed by atoms with Gasteiger partial charge in [0.25, 0.3) is 5.91 Å². The molecule has 4 bridgehead atoms. The van der Waals surface area contributed by atoms with Gasteiger partial charge in [0.15, 0.2) is 6.10 Å². The Hall–Kier alpha value is -2.29. The highest BCUT2D eigenvalue weighted by molar-refractivity contribution is 5.94. The molecule has 4 saturated carbocycles. The number of carbonyl (C=O) groups is 1. The lowest BCUT2D eigenvalue weighted by molar-refractivity contribution is -0.122. The quantitative estimate of drug-likeness (QED) is 0.531. The fraction of sp³-hybridized carbons (Fsp3) is 0.567. The molecule has 2 aromatic carbocycles. The van der Waals surface area contributed by atoms with Crippen molar-refractivity contribution in [2.45, 2.75) is 89.1 Å². The van der Waals surface area contributed by atoms with Crippen molar-refractivity contribution < 1.29 is 9.53 Å². The number of aryl methyl sites for hydroxylation is 2. The number of benzene rings is 2. The topological polar surface area (TPSA) is 38.3 Å². The zero-order valence-corrected chi connectivity index (χ0v) is 19.9. The summed E-state index contributed by atoms with van der Waals surface area (Å²) in [6.07, 6.45) is 13.5. The standard InChI is InChI=1S/C30H37NO2/c1-2-28(33-27-12-7-23-5-3-4-6-24(23)16-27)29(32)31-26-10-8-25(9-11-26)30-17-20-13-21(18-30)15-22(14-20)19-30/h7-12,16,20-22,28H,2-6,13-15,17-19H2,1H3,(H,31,32). The van der Waals surface area contributed by atoms with Crippen molar-refractivity contribution in [1.82, 2.24) is 0 Å². The molecule has 1 N–H and O–H groups in total. The fourth-order valence-electron chi connectivity index (χ4n) is 7.86. The first-order valence-electron chi connectivity index (χ1n) is 13.3. The Morgan fingerprint density at radius 3 is 2.21 bits per heavy atom. The van der Waals surface area contributed by atoms with E-state index in [1.807, 2.05) is 13.0 Å². The van der Waals surface area contributed by atoms with E-state index in [9.17, 15) is 4.79 Å². The molecular formula is C30H37NO2. The number of carbonyl (C=O) groups excluding carboxylic acids is 1. The molecule has 2 aromatic rings. The Bertz CT molecular complexity index is 989. The van der Waals surface area contributed by atoms with Gasteiger partial charge in [0.1, 0.15) is 5.75 Å². The first kappa shape index (κ1) is 21.3. The largest absolute Gasteiger partial charge is 0.481 e. The number of amides is 1. The van der Waals surface area contributed by atoms with E-state index in [2.05, 4.69) is 41.7 Å². The van der Waals surface area contributed by atoms with Gasteiger partial charge in [0.05, 0.1) is 0 Å². The number of ether oxygens (including phenoxy) is 1. The summed E-state index contributed by atoms with van der Waals surface area (Å²) >= 11 is 0. The highest BCUT2D eigenvalue weighted by Crippen LogP contribution is 2.60. The van der Waals surface area contributed by atoms with Crippen LogP contribution >= 0.6 is 0 Å². The second-order valence-electron chi connectivity index (χ2n) is 11.4. The summed E-state index contributed by atoms with van der Waals surface area (Å²) in [6.45, 7) is 2.01. The zero-order chi connectivity index (χ0) is 22.4. The van der Waals surface area contributed by atoms with Gasteiger partial charge >= 0.3 is 0 Å². The lowest BCUT2D eigenvalue weighted by Gasteiger charge is -2.57. The molecule has 5 aliphatic carbocycles. The minimum Gasteiger partial charge on any atom is -0.481 e. The minimum atomic E-state index is -0.477. The van der Waals surface area contributed by atoms with E-state index in [0.717, 1.165) is 42.0 Å². The van der Waals surface area contributed by atoms with Crippen molar-refractivity contribution in [3.05, 3.63) is 59.2 Å². The van der Waals surface area contributed by atoms with E-state index in [4.69, 9.17) is 4.74 Å². The maximum absolute atomic E-state index is 13.0. The molecular weight excluding hydrogens is 406 g/mol. The summed E-state index contributed by atoms with van der Waals surface area (Å²) in [4.78, 5) is 13.0. The molecule has 3 nitrogen and oxygen atoms in total. The van der Waals surface area contributed by atoms with Crippen LogP contribution in [-0.2, 0) is 23.1 Å². The van der Waals surface area contributed by atoms with Crippen LogP contribution in [-0.4, -0.2) is 12.0 Å². The molecule has 0 spiro atoms. The van der Waals surface area contributed by atoms with Crippen LogP contribution in [0.5, 0.6) is 5.75 Å². The molecule has 1 unspecified atom stereocenters. The summed E-state index contributed by atoms with van der Waals surface area (Å²) in [5.74, 6) is 3.60. The smallest absolute Gasteiger partial charge is 0.265 e. The minimum absolute atomic E-state index is 0.0576. The van der Waals surface area contributed by atoms with Crippen LogP contribution in [0.15, 0.2) is 42.5 Å². The van der Waals surface area contributed by atoms with E-state index in [1.54, 1.807) is 0 Å². The molecule has 0 heterocycles. The third-order valence-electron chi connectivity index (χ3n) is 9.06. The van der Waals surface area contributed by atoms with Crippen LogP contribution in [0.1, 0.15) is 81.4 Å². The van der Waals surface area contributed by atoms with Crippen molar-refractivity contribution in [2.75, 3.05) is 5.32 Å². The lowest BCUT2D eigenvalue weighted by Crippen LogP contribution is -2.48. The summed E-state index contributed by atoms with van der Waals surface area (Å²) in [7, 11) is 0. The normalized spacial score (nSPS) is 30.5. The van der Waals surface area contributed by atoms with Crippen LogP contribution in [0.2, 0.25) is 0 Å². The molecule has 5 aliphatic rings. The van der Waals surface area contributed by atoms with Gasteiger partial charge in [-0.1, -0.05) is 25.1 Å². The van der Waals surface area contributed by atoms with Gasteiger partial charge in [-0.2, -0.15) is 0 Å². The summed E-state index contributed by atoms with van der Waals surface area (Å²) in [6, 6.07) is 15.1. The second-order valence-corrected chi connectivity index (χ2v) is 11.4. The highest BCUT2D eigenvalue weighted by atomic mass is 16.5.